The van der Waals surface area contributed by atoms with E-state index < -0.39 is 29.2 Å². The zero-order chi connectivity index (χ0) is 24.4. The molecule has 0 aliphatic heterocycles. The van der Waals surface area contributed by atoms with Crippen molar-refractivity contribution in [3.8, 4) is 0 Å². The van der Waals surface area contributed by atoms with Gasteiger partial charge in [-0.15, -0.1) is 0 Å². The molecule has 0 spiro atoms. The molecule has 0 saturated heterocycles. The Morgan fingerprint density at radius 2 is 1.26 bits per heavy atom. The Morgan fingerprint density at radius 1 is 0.765 bits per heavy atom. The van der Waals surface area contributed by atoms with E-state index in [1.54, 1.807) is 24.3 Å². The number of benzene rings is 3. The number of carbonyl (C=O) groups is 2. The van der Waals surface area contributed by atoms with Crippen molar-refractivity contribution in [3.05, 3.63) is 117 Å². The van der Waals surface area contributed by atoms with Crippen molar-refractivity contribution in [2.45, 2.75) is 18.8 Å². The quantitative estimate of drug-likeness (QED) is 0.382. The SMILES string of the molecule is NC(=O)c1ccccc1C1C/C(=C\c2ccc(F)c(F)c2)C(=O)/C(=C/c2ccc(F)c(F)c2)C1. The zero-order valence-electron chi connectivity index (χ0n) is 17.8. The summed E-state index contributed by atoms with van der Waals surface area (Å²) in [4.78, 5) is 25.3. The highest BCUT2D eigenvalue weighted by Crippen LogP contribution is 2.39. The average molecular weight is 465 g/mol. The van der Waals surface area contributed by atoms with E-state index in [1.807, 2.05) is 0 Å². The number of hydrogen-bond acceptors (Lipinski definition) is 2. The highest BCUT2D eigenvalue weighted by atomic mass is 19.2. The van der Waals surface area contributed by atoms with Crippen LogP contribution in [0.4, 0.5) is 17.6 Å². The smallest absolute Gasteiger partial charge is 0.248 e. The van der Waals surface area contributed by atoms with Gasteiger partial charge in [0.15, 0.2) is 29.1 Å². The van der Waals surface area contributed by atoms with Crippen LogP contribution in [-0.4, -0.2) is 11.7 Å². The number of Topliss-reactive ketones (excluding diaryl/α,β-unsaturated/α-hetero) is 1. The first kappa shape index (κ1) is 23.2. The molecule has 3 aromatic rings. The van der Waals surface area contributed by atoms with Crippen LogP contribution in [0.2, 0.25) is 0 Å². The standard InChI is InChI=1S/C27H19F4NO2/c28-22-7-5-15(11-24(22)30)9-18-13-17(20-3-1-2-4-21(20)27(32)34)14-19(26(18)33)10-16-6-8-23(29)25(31)12-16/h1-12,17H,13-14H2,(H2,32,34)/b18-9+,19-10+. The molecule has 7 heteroatoms. The summed E-state index contributed by atoms with van der Waals surface area (Å²) in [6.07, 6.45) is 3.36. The predicted molar refractivity (Wildman–Crippen MR) is 121 cm³/mol. The van der Waals surface area contributed by atoms with Crippen LogP contribution < -0.4 is 5.73 Å². The summed E-state index contributed by atoms with van der Waals surface area (Å²) in [5, 5.41) is 0. The molecule has 0 heterocycles. The van der Waals surface area contributed by atoms with E-state index in [0.717, 1.165) is 24.3 Å². The molecule has 172 valence electrons. The van der Waals surface area contributed by atoms with Crippen LogP contribution in [0.15, 0.2) is 71.8 Å². The summed E-state index contributed by atoms with van der Waals surface area (Å²) in [6, 6.07) is 13.3. The van der Waals surface area contributed by atoms with E-state index in [9.17, 15) is 27.2 Å². The second-order valence-electron chi connectivity index (χ2n) is 8.07. The van der Waals surface area contributed by atoms with Crippen LogP contribution in [0.3, 0.4) is 0 Å². The number of hydrogen-bond donors (Lipinski definition) is 1. The van der Waals surface area contributed by atoms with Gasteiger partial charge in [-0.05, 0) is 77.9 Å². The van der Waals surface area contributed by atoms with Crippen LogP contribution in [0, 0.1) is 23.3 Å². The van der Waals surface area contributed by atoms with Crippen molar-refractivity contribution in [2.75, 3.05) is 0 Å². The van der Waals surface area contributed by atoms with Crippen molar-refractivity contribution in [1.29, 1.82) is 0 Å². The maximum Gasteiger partial charge on any atom is 0.248 e. The average Bonchev–Trinajstić information content (AvgIpc) is 2.81. The number of amides is 1. The first-order valence-corrected chi connectivity index (χ1v) is 10.5. The fourth-order valence-corrected chi connectivity index (χ4v) is 4.15. The molecule has 34 heavy (non-hydrogen) atoms. The van der Waals surface area contributed by atoms with Gasteiger partial charge in [0.1, 0.15) is 0 Å². The lowest BCUT2D eigenvalue weighted by atomic mass is 9.75. The number of carbonyl (C=O) groups excluding carboxylic acids is 2. The number of rotatable bonds is 4. The predicted octanol–water partition coefficient (Wildman–Crippen LogP) is 5.96. The minimum atomic E-state index is -1.05. The Balaban J connectivity index is 1.81. The van der Waals surface area contributed by atoms with Gasteiger partial charge in [0.2, 0.25) is 5.91 Å². The van der Waals surface area contributed by atoms with Crippen LogP contribution in [-0.2, 0) is 4.79 Å². The van der Waals surface area contributed by atoms with E-state index in [-0.39, 0.29) is 24.5 Å². The third kappa shape index (κ3) is 4.83. The Hall–Kier alpha value is -4.00. The Kier molecular flexibility index (Phi) is 6.45. The molecule has 0 radical (unpaired) electrons. The van der Waals surface area contributed by atoms with E-state index in [4.69, 9.17) is 5.73 Å². The molecule has 0 aromatic heterocycles. The van der Waals surface area contributed by atoms with Gasteiger partial charge in [0.25, 0.3) is 0 Å². The van der Waals surface area contributed by atoms with Gasteiger partial charge in [-0.25, -0.2) is 17.6 Å². The maximum absolute atomic E-state index is 13.7. The van der Waals surface area contributed by atoms with Gasteiger partial charge in [-0.1, -0.05) is 30.3 Å². The molecule has 2 N–H and O–H groups in total. The lowest BCUT2D eigenvalue weighted by Crippen LogP contribution is -2.22. The first-order valence-electron chi connectivity index (χ1n) is 10.5. The fourth-order valence-electron chi connectivity index (χ4n) is 4.15. The van der Waals surface area contributed by atoms with Crippen LogP contribution in [0.5, 0.6) is 0 Å². The van der Waals surface area contributed by atoms with E-state index in [2.05, 4.69) is 0 Å². The molecule has 1 amide bonds. The molecule has 4 rings (SSSR count). The molecule has 3 nitrogen and oxygen atoms in total. The summed E-state index contributed by atoms with van der Waals surface area (Å²) < 4.78 is 54.2. The van der Waals surface area contributed by atoms with Crippen molar-refractivity contribution >= 4 is 23.8 Å². The van der Waals surface area contributed by atoms with Gasteiger partial charge in [0.05, 0.1) is 0 Å². The third-order valence-electron chi connectivity index (χ3n) is 5.75. The molecule has 0 atom stereocenters. The second-order valence-corrected chi connectivity index (χ2v) is 8.07. The lowest BCUT2D eigenvalue weighted by Gasteiger charge is -2.27. The van der Waals surface area contributed by atoms with Gasteiger partial charge in [-0.2, -0.15) is 0 Å². The molecular formula is C27H19F4NO2. The van der Waals surface area contributed by atoms with Gasteiger partial charge < -0.3 is 5.73 Å². The van der Waals surface area contributed by atoms with Crippen LogP contribution in [0.1, 0.15) is 45.8 Å². The van der Waals surface area contributed by atoms with Crippen LogP contribution in [0.25, 0.3) is 12.2 Å². The molecule has 0 unspecified atom stereocenters. The summed E-state index contributed by atoms with van der Waals surface area (Å²) in [5.41, 5.74) is 7.66. The monoisotopic (exact) mass is 465 g/mol. The summed E-state index contributed by atoms with van der Waals surface area (Å²) in [6.45, 7) is 0. The highest BCUT2D eigenvalue weighted by molar-refractivity contribution is 6.14. The van der Waals surface area contributed by atoms with Crippen molar-refractivity contribution < 1.29 is 27.2 Å². The Morgan fingerprint density at radius 3 is 1.74 bits per heavy atom. The van der Waals surface area contributed by atoms with Crippen molar-refractivity contribution in [3.63, 3.8) is 0 Å². The molecule has 1 aliphatic carbocycles. The molecule has 3 aromatic carbocycles. The van der Waals surface area contributed by atoms with Crippen molar-refractivity contribution in [1.82, 2.24) is 0 Å². The van der Waals surface area contributed by atoms with Gasteiger partial charge in [0, 0.05) is 16.7 Å². The van der Waals surface area contributed by atoms with Gasteiger partial charge in [-0.3, -0.25) is 9.59 Å². The van der Waals surface area contributed by atoms with E-state index >= 15 is 0 Å². The zero-order valence-corrected chi connectivity index (χ0v) is 17.8. The molecular weight excluding hydrogens is 446 g/mol. The number of nitrogens with two attached hydrogens (primary N) is 1. The van der Waals surface area contributed by atoms with E-state index in [1.165, 1.54) is 24.3 Å². The minimum absolute atomic E-state index is 0.219. The minimum Gasteiger partial charge on any atom is -0.366 e. The molecule has 1 aliphatic rings. The van der Waals surface area contributed by atoms with Gasteiger partial charge >= 0.3 is 0 Å². The fraction of sp³-hybridized carbons (Fsp3) is 0.111. The summed E-state index contributed by atoms with van der Waals surface area (Å²) in [5.74, 6) is -5.44. The first-order chi connectivity index (χ1) is 16.2. The molecule has 1 fully saturated rings. The summed E-state index contributed by atoms with van der Waals surface area (Å²) >= 11 is 0. The normalized spacial score (nSPS) is 18.5. The second kappa shape index (κ2) is 9.47. The number of ketones is 1. The lowest BCUT2D eigenvalue weighted by molar-refractivity contribution is -0.113. The third-order valence-corrected chi connectivity index (χ3v) is 5.75. The number of halogens is 4. The summed E-state index contributed by atoms with van der Waals surface area (Å²) in [7, 11) is 0. The maximum atomic E-state index is 13.7. The molecule has 0 bridgehead atoms. The number of primary amides is 1. The van der Waals surface area contributed by atoms with Crippen molar-refractivity contribution in [2.24, 2.45) is 5.73 Å². The highest BCUT2D eigenvalue weighted by Gasteiger charge is 2.30. The topological polar surface area (TPSA) is 60.2 Å². The number of allylic oxidation sites excluding steroid dienone is 2. The Bertz CT molecular complexity index is 1290. The van der Waals surface area contributed by atoms with Crippen LogP contribution >= 0.6 is 0 Å². The largest absolute Gasteiger partial charge is 0.366 e. The molecule has 1 saturated carbocycles. The van der Waals surface area contributed by atoms with E-state index in [0.29, 0.717) is 33.4 Å². The Labute approximate surface area is 193 Å².